The van der Waals surface area contributed by atoms with Gasteiger partial charge in [0.1, 0.15) is 0 Å². The molecule has 0 aromatic heterocycles. The molecule has 2 aromatic carbocycles. The minimum Gasteiger partial charge on any atom is -0.393 e. The summed E-state index contributed by atoms with van der Waals surface area (Å²) in [7, 11) is 0. The Labute approximate surface area is 217 Å². The zero-order chi connectivity index (χ0) is 25.6. The molecule has 3 atom stereocenters. The van der Waals surface area contributed by atoms with E-state index in [1.165, 1.54) is 0 Å². The van der Waals surface area contributed by atoms with E-state index >= 15 is 0 Å². The highest BCUT2D eigenvalue weighted by Gasteiger charge is 2.42. The van der Waals surface area contributed by atoms with Crippen LogP contribution in [0.2, 0.25) is 10.0 Å². The van der Waals surface area contributed by atoms with Crippen LogP contribution in [0.3, 0.4) is 0 Å². The number of anilines is 1. The maximum absolute atomic E-state index is 13.3. The van der Waals surface area contributed by atoms with Gasteiger partial charge in [-0.15, -0.1) is 0 Å². The van der Waals surface area contributed by atoms with Gasteiger partial charge in [-0.1, -0.05) is 62.2 Å². The van der Waals surface area contributed by atoms with Crippen molar-refractivity contribution in [2.45, 2.75) is 64.1 Å². The first-order valence-corrected chi connectivity index (χ1v) is 12.7. The second kappa shape index (κ2) is 12.2. The van der Waals surface area contributed by atoms with E-state index in [2.05, 4.69) is 42.8 Å². The van der Waals surface area contributed by atoms with Crippen molar-refractivity contribution in [3.05, 3.63) is 64.1 Å². The average molecular weight is 521 g/mol. The molecule has 6 nitrogen and oxygen atoms in total. The van der Waals surface area contributed by atoms with Gasteiger partial charge in [0, 0.05) is 40.3 Å². The van der Waals surface area contributed by atoms with Gasteiger partial charge in [-0.25, -0.2) is 0 Å². The molecule has 8 heteroatoms. The molecular formula is C27H35Cl2N3O3. The first-order valence-electron chi connectivity index (χ1n) is 12.0. The molecule has 1 aliphatic heterocycles. The molecule has 1 saturated carbocycles. The van der Waals surface area contributed by atoms with E-state index in [9.17, 15) is 9.59 Å². The van der Waals surface area contributed by atoms with Crippen LogP contribution in [0.4, 0.5) is 5.69 Å². The van der Waals surface area contributed by atoms with Gasteiger partial charge in [0.15, 0.2) is 0 Å². The Morgan fingerprint density at radius 3 is 2.34 bits per heavy atom. The molecule has 1 unspecified atom stereocenters. The molecule has 1 aliphatic carbocycles. The van der Waals surface area contributed by atoms with Crippen LogP contribution in [0, 0.1) is 11.3 Å². The van der Waals surface area contributed by atoms with Crippen LogP contribution in [-0.4, -0.2) is 42.2 Å². The number of carbonyl (C=O) groups excluding carboxylic acids is 2. The molecule has 0 radical (unpaired) electrons. The summed E-state index contributed by atoms with van der Waals surface area (Å²) in [5, 5.41) is 19.2. The molecule has 0 spiro atoms. The summed E-state index contributed by atoms with van der Waals surface area (Å²) >= 11 is 12.3. The molecule has 0 bridgehead atoms. The van der Waals surface area contributed by atoms with Crippen LogP contribution in [0.1, 0.15) is 51.5 Å². The zero-order valence-corrected chi connectivity index (χ0v) is 21.9. The number of aliphatic hydroxyl groups is 1. The van der Waals surface area contributed by atoms with E-state index < -0.39 is 0 Å². The van der Waals surface area contributed by atoms with Gasteiger partial charge in [0.05, 0.1) is 12.0 Å². The lowest BCUT2D eigenvalue weighted by atomic mass is 9.78. The number of hydrogen-bond acceptors (Lipinski definition) is 4. The van der Waals surface area contributed by atoms with E-state index in [1.54, 1.807) is 12.1 Å². The highest BCUT2D eigenvalue weighted by atomic mass is 35.5. The van der Waals surface area contributed by atoms with E-state index in [1.807, 2.05) is 30.3 Å². The fourth-order valence-corrected chi connectivity index (χ4v) is 5.10. The van der Waals surface area contributed by atoms with Crippen LogP contribution in [-0.2, 0) is 9.59 Å². The SMILES string of the molecule is CC(C)(C)C[C@@H]1NCC(c2cccc(Cl)c2)[C@@H]1C(=O)Nc1cccc(Cl)c1.O=CNC1CC(O)C1. The minimum absolute atomic E-state index is 0.0153. The Morgan fingerprint density at radius 1 is 1.11 bits per heavy atom. The number of nitrogens with one attached hydrogen (secondary N) is 3. The van der Waals surface area contributed by atoms with Crippen molar-refractivity contribution in [3.63, 3.8) is 0 Å². The Balaban J connectivity index is 0.000000363. The molecule has 2 aliphatic rings. The molecule has 2 aromatic rings. The van der Waals surface area contributed by atoms with Crippen LogP contribution in [0.5, 0.6) is 0 Å². The molecule has 4 rings (SSSR count). The third-order valence-corrected chi connectivity index (χ3v) is 6.86. The summed E-state index contributed by atoms with van der Waals surface area (Å²) < 4.78 is 0. The lowest BCUT2D eigenvalue weighted by Crippen LogP contribution is -2.43. The molecular weight excluding hydrogens is 485 g/mol. The minimum atomic E-state index is -0.179. The van der Waals surface area contributed by atoms with E-state index in [4.69, 9.17) is 28.3 Å². The molecule has 1 saturated heterocycles. The molecule has 4 N–H and O–H groups in total. The van der Waals surface area contributed by atoms with Crippen molar-refractivity contribution in [2.75, 3.05) is 11.9 Å². The highest BCUT2D eigenvalue weighted by molar-refractivity contribution is 6.31. The zero-order valence-electron chi connectivity index (χ0n) is 20.4. The van der Waals surface area contributed by atoms with Gasteiger partial charge >= 0.3 is 0 Å². The summed E-state index contributed by atoms with van der Waals surface area (Å²) in [5.74, 6) is -0.0848. The van der Waals surface area contributed by atoms with Crippen LogP contribution < -0.4 is 16.0 Å². The number of hydrogen-bond donors (Lipinski definition) is 4. The standard InChI is InChI=1S/C22H26Cl2N2O.C5H9NO2/c1-22(2,3)12-19-20(21(27)26-17-9-5-8-16(24)11-17)18(13-25-19)14-6-4-7-15(23)10-14;7-3-6-4-1-5(8)2-4/h4-11,18-20,25H,12-13H2,1-3H3,(H,26,27);3-5,8H,1-2H2,(H,6,7)/t18?,19-,20-;/m0./s1. The first kappa shape index (κ1) is 27.5. The van der Waals surface area contributed by atoms with Crippen molar-refractivity contribution >= 4 is 41.2 Å². The molecule has 1 heterocycles. The van der Waals surface area contributed by atoms with Crippen molar-refractivity contribution in [3.8, 4) is 0 Å². The van der Waals surface area contributed by atoms with Gasteiger partial charge in [-0.3, -0.25) is 9.59 Å². The lowest BCUT2D eigenvalue weighted by molar-refractivity contribution is -0.120. The topological polar surface area (TPSA) is 90.5 Å². The molecule has 35 heavy (non-hydrogen) atoms. The smallest absolute Gasteiger partial charge is 0.229 e. The second-order valence-electron chi connectivity index (χ2n) is 10.6. The predicted molar refractivity (Wildman–Crippen MR) is 142 cm³/mol. The Hall–Kier alpha value is -2.12. The van der Waals surface area contributed by atoms with E-state index in [-0.39, 0.29) is 41.3 Å². The number of aliphatic hydroxyl groups excluding tert-OH is 1. The van der Waals surface area contributed by atoms with E-state index in [0.717, 1.165) is 37.1 Å². The Kier molecular flexibility index (Phi) is 9.59. The Bertz CT molecular complexity index is 1010. The monoisotopic (exact) mass is 519 g/mol. The number of amides is 2. The third-order valence-electron chi connectivity index (χ3n) is 6.39. The normalized spacial score (nSPS) is 25.6. The highest BCUT2D eigenvalue weighted by Crippen LogP contribution is 2.38. The van der Waals surface area contributed by atoms with Crippen molar-refractivity contribution in [1.29, 1.82) is 0 Å². The maximum atomic E-state index is 13.3. The molecule has 2 fully saturated rings. The van der Waals surface area contributed by atoms with Gasteiger partial charge in [0.25, 0.3) is 0 Å². The Morgan fingerprint density at radius 2 is 1.77 bits per heavy atom. The van der Waals surface area contributed by atoms with Crippen molar-refractivity contribution < 1.29 is 14.7 Å². The largest absolute Gasteiger partial charge is 0.393 e. The maximum Gasteiger partial charge on any atom is 0.229 e. The van der Waals surface area contributed by atoms with Gasteiger partial charge in [-0.05, 0) is 60.6 Å². The molecule has 190 valence electrons. The number of halogens is 2. The van der Waals surface area contributed by atoms with Gasteiger partial charge in [-0.2, -0.15) is 0 Å². The fraction of sp³-hybridized carbons (Fsp3) is 0.481. The summed E-state index contributed by atoms with van der Waals surface area (Å²) in [6, 6.07) is 15.4. The van der Waals surface area contributed by atoms with Crippen LogP contribution in [0.15, 0.2) is 48.5 Å². The average Bonchev–Trinajstić information content (AvgIpc) is 3.15. The van der Waals surface area contributed by atoms with Crippen molar-refractivity contribution in [1.82, 2.24) is 10.6 Å². The lowest BCUT2D eigenvalue weighted by Gasteiger charge is -2.30. The van der Waals surface area contributed by atoms with E-state index in [0.29, 0.717) is 16.5 Å². The summed E-state index contributed by atoms with van der Waals surface area (Å²) in [6.07, 6.45) is 2.86. The second-order valence-corrected chi connectivity index (χ2v) is 11.4. The number of benzene rings is 2. The predicted octanol–water partition coefficient (Wildman–Crippen LogP) is 5.00. The first-order chi connectivity index (χ1) is 16.6. The fourth-order valence-electron chi connectivity index (χ4n) is 4.71. The number of carbonyl (C=O) groups is 2. The summed E-state index contributed by atoms with van der Waals surface area (Å²) in [6.45, 7) is 7.36. The third kappa shape index (κ3) is 8.21. The molecule has 2 amide bonds. The number of rotatable bonds is 6. The summed E-state index contributed by atoms with van der Waals surface area (Å²) in [5.41, 5.74) is 1.94. The van der Waals surface area contributed by atoms with Crippen LogP contribution in [0.25, 0.3) is 0 Å². The quantitative estimate of drug-likeness (QED) is 0.404. The van der Waals surface area contributed by atoms with Crippen molar-refractivity contribution in [2.24, 2.45) is 11.3 Å². The van der Waals surface area contributed by atoms with Crippen LogP contribution >= 0.6 is 23.2 Å². The van der Waals surface area contributed by atoms with Gasteiger partial charge < -0.3 is 21.1 Å². The summed E-state index contributed by atoms with van der Waals surface area (Å²) in [4.78, 5) is 23.0. The van der Waals surface area contributed by atoms with Gasteiger partial charge in [0.2, 0.25) is 12.3 Å².